The summed E-state index contributed by atoms with van der Waals surface area (Å²) >= 11 is 3.19. The Bertz CT molecular complexity index is 1440. The molecule has 0 saturated carbocycles. The number of benzene rings is 2. The molecule has 3 aromatic heterocycles. The normalized spacial score (nSPS) is 11.1. The Morgan fingerprint density at radius 3 is 2.79 bits per heavy atom. The van der Waals surface area contributed by atoms with E-state index in [9.17, 15) is 9.59 Å². The average molecular weight is 478 g/mol. The molecule has 0 atom stereocenters. The van der Waals surface area contributed by atoms with E-state index in [0.29, 0.717) is 11.4 Å². The maximum Gasteiger partial charge on any atom is 0.258 e. The summed E-state index contributed by atoms with van der Waals surface area (Å²) in [4.78, 5) is 29.1. The van der Waals surface area contributed by atoms with Crippen LogP contribution >= 0.6 is 22.7 Å². The molecule has 0 aliphatic carbocycles. The Balaban J connectivity index is 1.15. The van der Waals surface area contributed by atoms with Crippen molar-refractivity contribution in [1.82, 2.24) is 20.1 Å². The molecule has 2 N–H and O–H groups in total. The molecule has 33 heavy (non-hydrogen) atoms. The minimum atomic E-state index is -0.372. The first-order valence-electron chi connectivity index (χ1n) is 10.1. The van der Waals surface area contributed by atoms with Crippen molar-refractivity contribution < 1.29 is 14.3 Å². The van der Waals surface area contributed by atoms with Crippen LogP contribution < -0.4 is 15.4 Å². The SMILES string of the molecule is Cc1nc2c(cc(OCC(=O)NCC(=O)Nc3ccc(-n4cccn4)cc3)c3ccsc32)s1. The van der Waals surface area contributed by atoms with Gasteiger partial charge in [-0.05, 0) is 48.7 Å². The number of carbonyl (C=O) groups excluding carboxylic acids is 2. The number of nitrogens with zero attached hydrogens (tertiary/aromatic N) is 3. The lowest BCUT2D eigenvalue weighted by atomic mass is 10.2. The summed E-state index contributed by atoms with van der Waals surface area (Å²) in [5, 5.41) is 13.4. The van der Waals surface area contributed by atoms with Gasteiger partial charge in [0.1, 0.15) is 5.75 Å². The van der Waals surface area contributed by atoms with Crippen molar-refractivity contribution in [3.63, 3.8) is 0 Å². The van der Waals surface area contributed by atoms with Gasteiger partial charge in [0.2, 0.25) is 5.91 Å². The van der Waals surface area contributed by atoms with Crippen LogP contribution in [0.15, 0.2) is 60.2 Å². The van der Waals surface area contributed by atoms with E-state index in [1.807, 2.05) is 48.8 Å². The number of rotatable bonds is 7. The first-order chi connectivity index (χ1) is 16.1. The molecule has 0 spiro atoms. The van der Waals surface area contributed by atoms with Crippen LogP contribution in [0.1, 0.15) is 5.01 Å². The quantitative estimate of drug-likeness (QED) is 0.367. The highest BCUT2D eigenvalue weighted by molar-refractivity contribution is 7.21. The van der Waals surface area contributed by atoms with Crippen molar-refractivity contribution in [2.75, 3.05) is 18.5 Å². The number of nitrogens with one attached hydrogen (secondary N) is 2. The lowest BCUT2D eigenvalue weighted by Gasteiger charge is -2.10. The van der Waals surface area contributed by atoms with Gasteiger partial charge in [-0.15, -0.1) is 22.7 Å². The van der Waals surface area contributed by atoms with Gasteiger partial charge in [-0.25, -0.2) is 9.67 Å². The largest absolute Gasteiger partial charge is 0.483 e. The average Bonchev–Trinajstić information content (AvgIpc) is 3.56. The summed E-state index contributed by atoms with van der Waals surface area (Å²) in [5.41, 5.74) is 2.48. The molecule has 0 bridgehead atoms. The maximum atomic E-state index is 12.3. The number of aryl methyl sites for hydroxylation is 1. The summed E-state index contributed by atoms with van der Waals surface area (Å²) in [6.45, 7) is 1.64. The van der Waals surface area contributed by atoms with Crippen molar-refractivity contribution in [2.24, 2.45) is 0 Å². The minimum Gasteiger partial charge on any atom is -0.483 e. The fourth-order valence-corrected chi connectivity index (χ4v) is 5.24. The fourth-order valence-electron chi connectivity index (χ4n) is 3.40. The number of carbonyl (C=O) groups is 2. The van der Waals surface area contributed by atoms with Gasteiger partial charge in [0.15, 0.2) is 6.61 Å². The van der Waals surface area contributed by atoms with E-state index >= 15 is 0 Å². The molecule has 5 rings (SSSR count). The van der Waals surface area contributed by atoms with Crippen LogP contribution in [0, 0.1) is 6.92 Å². The Morgan fingerprint density at radius 1 is 1.15 bits per heavy atom. The van der Waals surface area contributed by atoms with E-state index in [0.717, 1.165) is 31.0 Å². The Morgan fingerprint density at radius 2 is 2.00 bits per heavy atom. The van der Waals surface area contributed by atoms with Crippen molar-refractivity contribution >= 4 is 60.5 Å². The lowest BCUT2D eigenvalue weighted by molar-refractivity contribution is -0.125. The zero-order chi connectivity index (χ0) is 22.8. The van der Waals surface area contributed by atoms with Crippen LogP contribution in [-0.2, 0) is 9.59 Å². The molecule has 166 valence electrons. The molecule has 0 aliphatic heterocycles. The summed E-state index contributed by atoms with van der Waals surface area (Å²) in [5.74, 6) is -0.0561. The topological polar surface area (TPSA) is 98.1 Å². The molecule has 5 aromatic rings. The van der Waals surface area contributed by atoms with E-state index < -0.39 is 0 Å². The summed E-state index contributed by atoms with van der Waals surface area (Å²) in [6.07, 6.45) is 3.54. The monoisotopic (exact) mass is 477 g/mol. The molecule has 0 unspecified atom stereocenters. The van der Waals surface area contributed by atoms with Gasteiger partial charge < -0.3 is 15.4 Å². The highest BCUT2D eigenvalue weighted by Crippen LogP contribution is 2.38. The first-order valence-corrected chi connectivity index (χ1v) is 11.8. The molecule has 10 heteroatoms. The first kappa shape index (κ1) is 21.1. The predicted octanol–water partition coefficient (Wildman–Crippen LogP) is 4.14. The van der Waals surface area contributed by atoms with Gasteiger partial charge in [-0.3, -0.25) is 9.59 Å². The van der Waals surface area contributed by atoms with Crippen LogP contribution in [0.25, 0.3) is 26.0 Å². The third-order valence-corrected chi connectivity index (χ3v) is 6.73. The molecule has 2 aromatic carbocycles. The number of ether oxygens (including phenoxy) is 1. The van der Waals surface area contributed by atoms with Crippen LogP contribution in [0.3, 0.4) is 0 Å². The molecular weight excluding hydrogens is 458 g/mol. The number of aromatic nitrogens is 3. The standard InChI is InChI=1S/C23H19N5O3S2/c1-14-26-22-19(33-14)11-18(17-7-10-32-23(17)22)31-13-21(30)24-12-20(29)27-15-3-5-16(6-4-15)28-9-2-8-25-28/h2-11H,12-13H2,1H3,(H,24,30)(H,27,29). The third kappa shape index (κ3) is 4.57. The fraction of sp³-hybridized carbons (Fsp3) is 0.130. The highest BCUT2D eigenvalue weighted by atomic mass is 32.1. The zero-order valence-electron chi connectivity index (χ0n) is 17.6. The number of fused-ring (bicyclic) bond motifs is 3. The number of hydrogen-bond donors (Lipinski definition) is 2. The predicted molar refractivity (Wildman–Crippen MR) is 130 cm³/mol. The van der Waals surface area contributed by atoms with Gasteiger partial charge in [0.05, 0.1) is 32.2 Å². The van der Waals surface area contributed by atoms with Gasteiger partial charge in [0, 0.05) is 29.5 Å². The smallest absolute Gasteiger partial charge is 0.258 e. The summed E-state index contributed by atoms with van der Waals surface area (Å²) in [7, 11) is 0. The number of thiazole rings is 1. The molecular formula is C23H19N5O3S2. The maximum absolute atomic E-state index is 12.3. The van der Waals surface area contributed by atoms with Crippen LogP contribution in [0.2, 0.25) is 0 Å². The van der Waals surface area contributed by atoms with Crippen molar-refractivity contribution in [3.8, 4) is 11.4 Å². The molecule has 0 fully saturated rings. The lowest BCUT2D eigenvalue weighted by Crippen LogP contribution is -2.35. The number of amides is 2. The van der Waals surface area contributed by atoms with Crippen molar-refractivity contribution in [1.29, 1.82) is 0 Å². The van der Waals surface area contributed by atoms with E-state index in [2.05, 4.69) is 20.7 Å². The van der Waals surface area contributed by atoms with Gasteiger partial charge in [-0.2, -0.15) is 5.10 Å². The van der Waals surface area contributed by atoms with Crippen molar-refractivity contribution in [2.45, 2.75) is 6.92 Å². The van der Waals surface area contributed by atoms with Crippen LogP contribution in [-0.4, -0.2) is 39.7 Å². The molecule has 8 nitrogen and oxygen atoms in total. The number of anilines is 1. The number of hydrogen-bond acceptors (Lipinski definition) is 7. The van der Waals surface area contributed by atoms with Crippen LogP contribution in [0.4, 0.5) is 5.69 Å². The molecule has 0 radical (unpaired) electrons. The second kappa shape index (κ2) is 9.00. The van der Waals surface area contributed by atoms with E-state index in [1.54, 1.807) is 45.7 Å². The minimum absolute atomic E-state index is 0.149. The Hall–Kier alpha value is -3.76. The second-order valence-electron chi connectivity index (χ2n) is 7.23. The highest BCUT2D eigenvalue weighted by Gasteiger charge is 2.14. The summed E-state index contributed by atoms with van der Waals surface area (Å²) in [6, 6.07) is 13.0. The van der Waals surface area contributed by atoms with E-state index in [4.69, 9.17) is 4.74 Å². The van der Waals surface area contributed by atoms with E-state index in [1.165, 1.54) is 0 Å². The molecule has 3 heterocycles. The Kier molecular flexibility index (Phi) is 5.76. The van der Waals surface area contributed by atoms with Gasteiger partial charge in [0.25, 0.3) is 5.91 Å². The summed E-state index contributed by atoms with van der Waals surface area (Å²) < 4.78 is 9.59. The molecule has 0 saturated heterocycles. The Labute approximate surface area is 196 Å². The van der Waals surface area contributed by atoms with Gasteiger partial charge >= 0.3 is 0 Å². The second-order valence-corrected chi connectivity index (χ2v) is 9.38. The zero-order valence-corrected chi connectivity index (χ0v) is 19.2. The third-order valence-electron chi connectivity index (χ3n) is 4.89. The number of thiophene rings is 1. The van der Waals surface area contributed by atoms with Gasteiger partial charge in [-0.1, -0.05) is 0 Å². The van der Waals surface area contributed by atoms with Crippen molar-refractivity contribution in [3.05, 3.63) is 65.2 Å². The molecule has 0 aliphatic rings. The van der Waals surface area contributed by atoms with Crippen LogP contribution in [0.5, 0.6) is 5.75 Å². The molecule has 2 amide bonds. The van der Waals surface area contributed by atoms with E-state index in [-0.39, 0.29) is 25.0 Å².